The highest BCUT2D eigenvalue weighted by Crippen LogP contribution is 2.35. The van der Waals surface area contributed by atoms with Crippen molar-refractivity contribution in [3.05, 3.63) is 56.5 Å². The fourth-order valence-electron chi connectivity index (χ4n) is 3.40. The summed E-state index contributed by atoms with van der Waals surface area (Å²) >= 11 is 11.2. The van der Waals surface area contributed by atoms with E-state index in [1.54, 1.807) is 18.4 Å². The van der Waals surface area contributed by atoms with Crippen LogP contribution in [0.4, 0.5) is 0 Å². The van der Waals surface area contributed by atoms with Crippen molar-refractivity contribution in [3.63, 3.8) is 0 Å². The van der Waals surface area contributed by atoms with Gasteiger partial charge in [0.05, 0.1) is 26.8 Å². The van der Waals surface area contributed by atoms with Crippen LogP contribution in [0.5, 0.6) is 5.75 Å². The Balaban J connectivity index is 1.44. The monoisotopic (exact) mass is 464 g/mol. The molecular weight excluding hydrogens is 448 g/mol. The zero-order chi connectivity index (χ0) is 19.0. The van der Waals surface area contributed by atoms with Crippen LogP contribution in [0.3, 0.4) is 0 Å². The van der Waals surface area contributed by atoms with Crippen LogP contribution < -0.4 is 4.74 Å². The Bertz CT molecular complexity index is 999. The summed E-state index contributed by atoms with van der Waals surface area (Å²) in [4.78, 5) is 19.5. The van der Waals surface area contributed by atoms with Crippen LogP contribution in [0.15, 0.2) is 40.9 Å². The van der Waals surface area contributed by atoms with E-state index in [2.05, 4.69) is 15.9 Å². The molecule has 0 spiro atoms. The summed E-state index contributed by atoms with van der Waals surface area (Å²) in [6, 6.07) is 11.3. The number of amides is 1. The molecule has 0 unspecified atom stereocenters. The van der Waals surface area contributed by atoms with Crippen molar-refractivity contribution in [2.75, 3.05) is 20.2 Å². The molecule has 2 aromatic carbocycles. The van der Waals surface area contributed by atoms with E-state index in [-0.39, 0.29) is 5.91 Å². The van der Waals surface area contributed by atoms with Gasteiger partial charge in [-0.25, -0.2) is 4.98 Å². The highest BCUT2D eigenvalue weighted by Gasteiger charge is 2.26. The third kappa shape index (κ3) is 3.84. The minimum Gasteiger partial charge on any atom is -0.496 e. The number of rotatable bonds is 3. The number of nitrogens with zero attached hydrogens (tertiary/aromatic N) is 2. The topological polar surface area (TPSA) is 42.4 Å². The average Bonchev–Trinajstić information content (AvgIpc) is 3.10. The lowest BCUT2D eigenvalue weighted by atomic mass is 9.97. The molecule has 1 saturated heterocycles. The van der Waals surface area contributed by atoms with Gasteiger partial charge in [-0.05, 0) is 65.2 Å². The summed E-state index contributed by atoms with van der Waals surface area (Å²) in [6.45, 7) is 1.48. The number of carbonyl (C=O) groups excluding carboxylic acids is 1. The van der Waals surface area contributed by atoms with Crippen LogP contribution in [-0.4, -0.2) is 36.0 Å². The molecule has 0 N–H and O–H groups in total. The van der Waals surface area contributed by atoms with Gasteiger partial charge in [-0.3, -0.25) is 4.79 Å². The lowest BCUT2D eigenvalue weighted by Crippen LogP contribution is -2.37. The Kier molecular flexibility index (Phi) is 5.39. The third-order valence-electron chi connectivity index (χ3n) is 4.90. The van der Waals surface area contributed by atoms with Gasteiger partial charge < -0.3 is 9.64 Å². The van der Waals surface area contributed by atoms with Crippen molar-refractivity contribution in [2.24, 2.45) is 0 Å². The van der Waals surface area contributed by atoms with E-state index in [0.717, 1.165) is 51.4 Å². The van der Waals surface area contributed by atoms with Gasteiger partial charge in [0.2, 0.25) is 0 Å². The molecule has 0 atom stereocenters. The van der Waals surface area contributed by atoms with Gasteiger partial charge >= 0.3 is 0 Å². The molecule has 7 heteroatoms. The Hall–Kier alpha value is -1.63. The second-order valence-electron chi connectivity index (χ2n) is 6.58. The summed E-state index contributed by atoms with van der Waals surface area (Å²) in [5.74, 6) is 1.18. The number of ether oxygens (including phenoxy) is 1. The SMILES string of the molecule is COc1ccc(C(=O)N2CCC(c3nc4cc(Cl)ccc4s3)CC2)cc1Br. The average molecular weight is 466 g/mol. The number of aromatic nitrogens is 1. The van der Waals surface area contributed by atoms with Crippen molar-refractivity contribution in [1.29, 1.82) is 0 Å². The van der Waals surface area contributed by atoms with E-state index in [1.165, 1.54) is 0 Å². The Labute approximate surface area is 175 Å². The molecule has 140 valence electrons. The van der Waals surface area contributed by atoms with E-state index < -0.39 is 0 Å². The lowest BCUT2D eigenvalue weighted by Gasteiger charge is -2.31. The molecule has 1 amide bonds. The molecule has 0 radical (unpaired) electrons. The van der Waals surface area contributed by atoms with E-state index >= 15 is 0 Å². The maximum atomic E-state index is 12.8. The quantitative estimate of drug-likeness (QED) is 0.495. The fourth-order valence-corrected chi connectivity index (χ4v) is 5.23. The molecule has 2 heterocycles. The Morgan fingerprint density at radius 1 is 1.26 bits per heavy atom. The molecular formula is C20H18BrClN2O2S. The van der Waals surface area contributed by atoms with Gasteiger partial charge in [0, 0.05) is 29.6 Å². The summed E-state index contributed by atoms with van der Waals surface area (Å²) in [6.07, 6.45) is 1.85. The first-order valence-corrected chi connectivity index (χ1v) is 10.7. The number of hydrogen-bond donors (Lipinski definition) is 0. The van der Waals surface area contributed by atoms with Crippen LogP contribution in [-0.2, 0) is 0 Å². The van der Waals surface area contributed by atoms with Crippen molar-refractivity contribution in [3.8, 4) is 5.75 Å². The van der Waals surface area contributed by atoms with Crippen molar-refractivity contribution in [2.45, 2.75) is 18.8 Å². The van der Waals surface area contributed by atoms with Gasteiger partial charge in [-0.2, -0.15) is 0 Å². The summed E-state index contributed by atoms with van der Waals surface area (Å²) in [5.41, 5.74) is 1.64. The van der Waals surface area contributed by atoms with Crippen LogP contribution >= 0.6 is 38.9 Å². The highest BCUT2D eigenvalue weighted by molar-refractivity contribution is 9.10. The van der Waals surface area contributed by atoms with Crippen LogP contribution in [0.25, 0.3) is 10.2 Å². The summed E-state index contributed by atoms with van der Waals surface area (Å²) in [7, 11) is 1.61. The molecule has 4 rings (SSSR count). The number of carbonyl (C=O) groups is 1. The second kappa shape index (κ2) is 7.78. The van der Waals surface area contributed by atoms with Gasteiger partial charge in [0.15, 0.2) is 0 Å². The Morgan fingerprint density at radius 2 is 2.04 bits per heavy atom. The molecule has 0 aliphatic carbocycles. The van der Waals surface area contributed by atoms with E-state index in [0.29, 0.717) is 16.5 Å². The van der Waals surface area contributed by atoms with Gasteiger partial charge in [0.1, 0.15) is 5.75 Å². The number of piperidine rings is 1. The number of likely N-dealkylation sites (tertiary alicyclic amines) is 1. The summed E-state index contributed by atoms with van der Waals surface area (Å²) < 4.78 is 7.19. The maximum absolute atomic E-state index is 12.8. The molecule has 0 saturated carbocycles. The fraction of sp³-hybridized carbons (Fsp3) is 0.300. The number of methoxy groups -OCH3 is 1. The smallest absolute Gasteiger partial charge is 0.253 e. The van der Waals surface area contributed by atoms with Crippen LogP contribution in [0.1, 0.15) is 34.1 Å². The summed E-state index contributed by atoms with van der Waals surface area (Å²) in [5, 5.41) is 1.86. The van der Waals surface area contributed by atoms with Crippen LogP contribution in [0.2, 0.25) is 5.02 Å². The van der Waals surface area contributed by atoms with E-state index in [9.17, 15) is 4.79 Å². The molecule has 1 aliphatic heterocycles. The molecule has 3 aromatic rings. The van der Waals surface area contributed by atoms with Gasteiger partial charge in [-0.15, -0.1) is 11.3 Å². The lowest BCUT2D eigenvalue weighted by molar-refractivity contribution is 0.0713. The number of thiazole rings is 1. The minimum absolute atomic E-state index is 0.0629. The number of benzene rings is 2. The molecule has 1 aromatic heterocycles. The predicted molar refractivity (Wildman–Crippen MR) is 113 cm³/mol. The zero-order valence-electron chi connectivity index (χ0n) is 14.7. The number of halogens is 2. The maximum Gasteiger partial charge on any atom is 0.253 e. The molecule has 4 nitrogen and oxygen atoms in total. The van der Waals surface area contributed by atoms with E-state index in [4.69, 9.17) is 21.3 Å². The molecule has 0 bridgehead atoms. The second-order valence-corrected chi connectivity index (χ2v) is 8.93. The first-order valence-electron chi connectivity index (χ1n) is 8.74. The predicted octanol–water partition coefficient (Wildman–Crippen LogP) is 5.74. The minimum atomic E-state index is 0.0629. The first kappa shape index (κ1) is 18.7. The molecule has 27 heavy (non-hydrogen) atoms. The van der Waals surface area contributed by atoms with Gasteiger partial charge in [-0.1, -0.05) is 11.6 Å². The van der Waals surface area contributed by atoms with Crippen LogP contribution in [0, 0.1) is 0 Å². The normalized spacial score (nSPS) is 15.3. The molecule has 1 fully saturated rings. The van der Waals surface area contributed by atoms with Crippen molar-refractivity contribution < 1.29 is 9.53 Å². The van der Waals surface area contributed by atoms with Crippen molar-refractivity contribution in [1.82, 2.24) is 9.88 Å². The third-order valence-corrected chi connectivity index (χ3v) is 6.95. The largest absolute Gasteiger partial charge is 0.496 e. The molecule has 1 aliphatic rings. The highest BCUT2D eigenvalue weighted by atomic mass is 79.9. The number of hydrogen-bond acceptors (Lipinski definition) is 4. The first-order chi connectivity index (χ1) is 13.0. The zero-order valence-corrected chi connectivity index (χ0v) is 17.9. The van der Waals surface area contributed by atoms with E-state index in [1.807, 2.05) is 41.3 Å². The number of fused-ring (bicyclic) bond motifs is 1. The Morgan fingerprint density at radius 3 is 2.74 bits per heavy atom. The van der Waals surface area contributed by atoms with Gasteiger partial charge in [0.25, 0.3) is 5.91 Å². The standard InChI is InChI=1S/C20H18BrClN2O2S/c1-26-17-4-2-13(10-15(17)21)20(25)24-8-6-12(7-9-24)19-23-16-11-14(22)3-5-18(16)27-19/h2-5,10-12H,6-9H2,1H3. The van der Waals surface area contributed by atoms with Crippen molar-refractivity contribution >= 4 is 55.0 Å².